The van der Waals surface area contributed by atoms with Crippen LogP contribution in [0.15, 0.2) is 58.3 Å². The number of amides is 1. The Morgan fingerprint density at radius 2 is 1.75 bits per heavy atom. The minimum absolute atomic E-state index is 0.144. The summed E-state index contributed by atoms with van der Waals surface area (Å²) < 4.78 is 28.3. The zero-order valence-electron chi connectivity index (χ0n) is 16.7. The molecule has 0 aliphatic carbocycles. The van der Waals surface area contributed by atoms with Gasteiger partial charge < -0.3 is 5.32 Å². The van der Waals surface area contributed by atoms with Crippen molar-refractivity contribution in [3.05, 3.63) is 54.1 Å². The highest BCUT2D eigenvalue weighted by Crippen LogP contribution is 2.28. The largest absolute Gasteiger partial charge is 0.325 e. The molecule has 0 aliphatic rings. The number of thioether (sulfide) groups is 1. The summed E-state index contributed by atoms with van der Waals surface area (Å²) in [6.07, 6.45) is 3.38. The van der Waals surface area contributed by atoms with Crippen LogP contribution in [0.25, 0.3) is 0 Å². The van der Waals surface area contributed by atoms with Crippen LogP contribution in [0.5, 0.6) is 0 Å². The highest BCUT2D eigenvalue weighted by atomic mass is 32.2. The van der Waals surface area contributed by atoms with Gasteiger partial charge in [0.2, 0.25) is 15.9 Å². The van der Waals surface area contributed by atoms with Gasteiger partial charge in [0, 0.05) is 16.9 Å². The number of nitrogens with one attached hydrogen (secondary N) is 2. The first-order valence-corrected chi connectivity index (χ1v) is 12.0. The van der Waals surface area contributed by atoms with Crippen LogP contribution in [-0.2, 0) is 21.2 Å². The molecule has 1 atom stereocenters. The number of aryl methyl sites for hydroxylation is 1. The molecule has 0 spiro atoms. The van der Waals surface area contributed by atoms with Gasteiger partial charge in [0.25, 0.3) is 0 Å². The normalized spacial score (nSPS) is 12.8. The smallest absolute Gasteiger partial charge is 0.240 e. The second-order valence-electron chi connectivity index (χ2n) is 7.05. The van der Waals surface area contributed by atoms with Gasteiger partial charge in [-0.3, -0.25) is 4.79 Å². The molecule has 2 N–H and O–H groups in total. The molecule has 2 rings (SSSR count). The number of benzene rings is 2. The van der Waals surface area contributed by atoms with E-state index in [2.05, 4.69) is 10.0 Å². The van der Waals surface area contributed by atoms with E-state index in [-0.39, 0.29) is 22.8 Å². The Bertz CT molecular complexity index is 897. The molecule has 2 aromatic carbocycles. The highest BCUT2D eigenvalue weighted by molar-refractivity contribution is 7.98. The summed E-state index contributed by atoms with van der Waals surface area (Å²) in [6.45, 7) is 5.45. The number of carbonyl (C=O) groups excluding carboxylic acids is 1. The van der Waals surface area contributed by atoms with Gasteiger partial charge in [-0.05, 0) is 49.8 Å². The van der Waals surface area contributed by atoms with E-state index in [1.165, 1.54) is 23.4 Å². The predicted molar refractivity (Wildman–Crippen MR) is 116 cm³/mol. The van der Waals surface area contributed by atoms with Crippen molar-refractivity contribution in [1.82, 2.24) is 4.72 Å². The number of hydrogen-bond donors (Lipinski definition) is 2. The standard InChI is InChI=1S/C21H28N2O3S2/c1-15(2)21(24)22-19-14-18(12-13-20(19)27-4)28(25,26)23-16(3)10-11-17-8-6-5-7-9-17/h5-9,12-16,23H,10-11H2,1-4H3,(H,22,24). The highest BCUT2D eigenvalue weighted by Gasteiger charge is 2.20. The lowest BCUT2D eigenvalue weighted by molar-refractivity contribution is -0.118. The molecule has 0 fully saturated rings. The molecular formula is C21H28N2O3S2. The molecule has 0 radical (unpaired) electrons. The molecule has 1 amide bonds. The fraction of sp³-hybridized carbons (Fsp3) is 0.381. The van der Waals surface area contributed by atoms with Crippen molar-refractivity contribution >= 4 is 33.4 Å². The van der Waals surface area contributed by atoms with E-state index in [0.29, 0.717) is 12.1 Å². The van der Waals surface area contributed by atoms with E-state index in [0.717, 1.165) is 11.3 Å². The topological polar surface area (TPSA) is 75.3 Å². The molecule has 0 saturated carbocycles. The number of rotatable bonds is 9. The van der Waals surface area contributed by atoms with Gasteiger partial charge >= 0.3 is 0 Å². The van der Waals surface area contributed by atoms with Crippen LogP contribution in [0.3, 0.4) is 0 Å². The molecule has 5 nitrogen and oxygen atoms in total. The summed E-state index contributed by atoms with van der Waals surface area (Å²) >= 11 is 1.46. The number of sulfonamides is 1. The first-order chi connectivity index (χ1) is 13.2. The molecule has 0 aliphatic heterocycles. The monoisotopic (exact) mass is 420 g/mol. The first kappa shape index (κ1) is 22.5. The second kappa shape index (κ2) is 10.1. The van der Waals surface area contributed by atoms with Crippen molar-refractivity contribution in [3.8, 4) is 0 Å². The summed E-state index contributed by atoms with van der Waals surface area (Å²) in [5, 5.41) is 2.82. The molecule has 2 aromatic rings. The maximum Gasteiger partial charge on any atom is 0.240 e. The quantitative estimate of drug-likeness (QED) is 0.593. The lowest BCUT2D eigenvalue weighted by Crippen LogP contribution is -2.33. The molecule has 0 aromatic heterocycles. The van der Waals surface area contributed by atoms with Crippen molar-refractivity contribution in [1.29, 1.82) is 0 Å². The molecule has 0 heterocycles. The van der Waals surface area contributed by atoms with Gasteiger partial charge in [-0.15, -0.1) is 11.8 Å². The van der Waals surface area contributed by atoms with Gasteiger partial charge in [0.05, 0.1) is 10.6 Å². The maximum absolute atomic E-state index is 12.8. The van der Waals surface area contributed by atoms with Gasteiger partial charge in [-0.25, -0.2) is 13.1 Å². The third-order valence-electron chi connectivity index (χ3n) is 4.33. The Morgan fingerprint density at radius 3 is 2.36 bits per heavy atom. The van der Waals surface area contributed by atoms with Crippen molar-refractivity contribution < 1.29 is 13.2 Å². The summed E-state index contributed by atoms with van der Waals surface area (Å²) in [7, 11) is -3.68. The second-order valence-corrected chi connectivity index (χ2v) is 9.61. The molecule has 0 saturated heterocycles. The summed E-state index contributed by atoms with van der Waals surface area (Å²) in [5.41, 5.74) is 1.70. The molecular weight excluding hydrogens is 392 g/mol. The molecule has 7 heteroatoms. The van der Waals surface area contributed by atoms with Crippen molar-refractivity contribution in [2.45, 2.75) is 49.4 Å². The summed E-state index contributed by atoms with van der Waals surface area (Å²) in [5.74, 6) is -0.333. The fourth-order valence-electron chi connectivity index (χ4n) is 2.65. The Morgan fingerprint density at radius 1 is 1.07 bits per heavy atom. The van der Waals surface area contributed by atoms with E-state index < -0.39 is 10.0 Å². The average Bonchev–Trinajstić information content (AvgIpc) is 2.66. The lowest BCUT2D eigenvalue weighted by atomic mass is 10.1. The van der Waals surface area contributed by atoms with E-state index in [1.54, 1.807) is 26.0 Å². The Balaban J connectivity index is 2.12. The first-order valence-electron chi connectivity index (χ1n) is 9.28. The van der Waals surface area contributed by atoms with Crippen LogP contribution in [0.4, 0.5) is 5.69 Å². The third-order valence-corrected chi connectivity index (χ3v) is 6.71. The molecule has 1 unspecified atom stereocenters. The van der Waals surface area contributed by atoms with Crippen molar-refractivity contribution in [2.75, 3.05) is 11.6 Å². The molecule has 152 valence electrons. The lowest BCUT2D eigenvalue weighted by Gasteiger charge is -2.16. The van der Waals surface area contributed by atoms with Gasteiger partial charge in [0.1, 0.15) is 0 Å². The molecule has 28 heavy (non-hydrogen) atoms. The van der Waals surface area contributed by atoms with Crippen LogP contribution in [0.1, 0.15) is 32.8 Å². The van der Waals surface area contributed by atoms with E-state index >= 15 is 0 Å². The third kappa shape index (κ3) is 6.36. The van der Waals surface area contributed by atoms with E-state index in [4.69, 9.17) is 0 Å². The van der Waals surface area contributed by atoms with Crippen molar-refractivity contribution in [3.63, 3.8) is 0 Å². The Hall–Kier alpha value is -1.83. The number of anilines is 1. The van der Waals surface area contributed by atoms with Crippen LogP contribution in [-0.4, -0.2) is 26.6 Å². The van der Waals surface area contributed by atoms with Gasteiger partial charge in [-0.1, -0.05) is 44.2 Å². The van der Waals surface area contributed by atoms with E-state index in [9.17, 15) is 13.2 Å². The fourth-order valence-corrected chi connectivity index (χ4v) is 4.49. The minimum Gasteiger partial charge on any atom is -0.325 e. The Labute approximate surface area is 172 Å². The zero-order chi connectivity index (χ0) is 20.7. The van der Waals surface area contributed by atoms with Crippen molar-refractivity contribution in [2.24, 2.45) is 5.92 Å². The zero-order valence-corrected chi connectivity index (χ0v) is 18.4. The van der Waals surface area contributed by atoms with Crippen LogP contribution in [0, 0.1) is 5.92 Å². The summed E-state index contributed by atoms with van der Waals surface area (Å²) in [6, 6.07) is 14.6. The number of carbonyl (C=O) groups is 1. The van der Waals surface area contributed by atoms with E-state index in [1.807, 2.05) is 43.5 Å². The van der Waals surface area contributed by atoms with Crippen LogP contribution >= 0.6 is 11.8 Å². The van der Waals surface area contributed by atoms with Crippen LogP contribution < -0.4 is 10.0 Å². The number of hydrogen-bond acceptors (Lipinski definition) is 4. The average molecular weight is 421 g/mol. The minimum atomic E-state index is -3.68. The summed E-state index contributed by atoms with van der Waals surface area (Å²) in [4.78, 5) is 13.0. The maximum atomic E-state index is 12.8. The van der Waals surface area contributed by atoms with Gasteiger partial charge in [0.15, 0.2) is 0 Å². The van der Waals surface area contributed by atoms with Gasteiger partial charge in [-0.2, -0.15) is 0 Å². The Kier molecular flexibility index (Phi) is 8.10. The SMILES string of the molecule is CSc1ccc(S(=O)(=O)NC(C)CCc2ccccc2)cc1NC(=O)C(C)C. The predicted octanol–water partition coefficient (Wildman–Crippen LogP) is 4.30. The van der Waals surface area contributed by atoms with Crippen LogP contribution in [0.2, 0.25) is 0 Å². The molecule has 0 bridgehead atoms.